The summed E-state index contributed by atoms with van der Waals surface area (Å²) in [6, 6.07) is 17.5. The van der Waals surface area contributed by atoms with E-state index in [0.29, 0.717) is 13.0 Å². The molecule has 1 aliphatic rings. The van der Waals surface area contributed by atoms with Gasteiger partial charge in [-0.1, -0.05) is 55.1 Å². The highest BCUT2D eigenvalue weighted by molar-refractivity contribution is 6.08. The van der Waals surface area contributed by atoms with Crippen molar-refractivity contribution in [1.29, 1.82) is 0 Å². The second kappa shape index (κ2) is 5.54. The smallest absolute Gasteiger partial charge is 0.258 e. The molecule has 0 spiro atoms. The Bertz CT molecular complexity index is 644. The van der Waals surface area contributed by atoms with Crippen molar-refractivity contribution in [2.24, 2.45) is 5.73 Å². The molecule has 0 fully saturated rings. The standard InChI is InChI=1S/C18H18N2O/c1-13-15-9-5-6-10-16(15)18(21)20(13)12-11-17(19)14-7-3-2-4-8-14/h2-10,17H,1,11-12,19H2. The lowest BCUT2D eigenvalue weighted by atomic mass is 10.0. The van der Waals surface area contributed by atoms with Crippen LogP contribution in [0.15, 0.2) is 61.2 Å². The largest absolute Gasteiger partial charge is 0.324 e. The first-order chi connectivity index (χ1) is 10.2. The van der Waals surface area contributed by atoms with Gasteiger partial charge in [0.1, 0.15) is 0 Å². The van der Waals surface area contributed by atoms with E-state index in [-0.39, 0.29) is 11.9 Å². The zero-order chi connectivity index (χ0) is 14.8. The maximum absolute atomic E-state index is 12.4. The summed E-state index contributed by atoms with van der Waals surface area (Å²) in [6.45, 7) is 4.63. The molecule has 2 N–H and O–H groups in total. The normalized spacial score (nSPS) is 15.2. The number of amides is 1. The first-order valence-electron chi connectivity index (χ1n) is 7.09. The zero-order valence-electron chi connectivity index (χ0n) is 11.8. The summed E-state index contributed by atoms with van der Waals surface area (Å²) in [4.78, 5) is 14.1. The number of hydrogen-bond donors (Lipinski definition) is 1. The molecule has 0 aromatic heterocycles. The molecule has 0 radical (unpaired) electrons. The molecule has 3 nitrogen and oxygen atoms in total. The van der Waals surface area contributed by atoms with E-state index in [1.165, 1.54) is 0 Å². The Hall–Kier alpha value is -2.39. The van der Waals surface area contributed by atoms with Crippen molar-refractivity contribution in [3.63, 3.8) is 0 Å². The highest BCUT2D eigenvalue weighted by Crippen LogP contribution is 2.31. The Morgan fingerprint density at radius 1 is 1.00 bits per heavy atom. The predicted molar refractivity (Wildman–Crippen MR) is 84.5 cm³/mol. The molecule has 1 amide bonds. The van der Waals surface area contributed by atoms with Crippen LogP contribution >= 0.6 is 0 Å². The SMILES string of the molecule is C=C1c2ccccc2C(=O)N1CCC(N)c1ccccc1. The predicted octanol–water partition coefficient (Wildman–Crippen LogP) is 3.20. The molecule has 1 aliphatic heterocycles. The number of hydrogen-bond acceptors (Lipinski definition) is 2. The number of nitrogens with zero attached hydrogens (tertiary/aromatic N) is 1. The Morgan fingerprint density at radius 3 is 2.29 bits per heavy atom. The number of carbonyl (C=O) groups is 1. The highest BCUT2D eigenvalue weighted by atomic mass is 16.2. The van der Waals surface area contributed by atoms with Gasteiger partial charge in [0.25, 0.3) is 5.91 Å². The molecular weight excluding hydrogens is 260 g/mol. The van der Waals surface area contributed by atoms with Gasteiger partial charge < -0.3 is 10.6 Å². The fourth-order valence-electron chi connectivity index (χ4n) is 2.71. The molecular formula is C18H18N2O. The van der Waals surface area contributed by atoms with E-state index >= 15 is 0 Å². The van der Waals surface area contributed by atoms with Gasteiger partial charge in [0.05, 0.1) is 0 Å². The fourth-order valence-corrected chi connectivity index (χ4v) is 2.71. The lowest BCUT2D eigenvalue weighted by molar-refractivity contribution is 0.0847. The molecule has 21 heavy (non-hydrogen) atoms. The molecule has 0 bridgehead atoms. The summed E-state index contributed by atoms with van der Waals surface area (Å²) in [5.41, 5.74) is 9.72. The summed E-state index contributed by atoms with van der Waals surface area (Å²) in [6.07, 6.45) is 0.711. The molecule has 0 aliphatic carbocycles. The van der Waals surface area contributed by atoms with Crippen LogP contribution in [0.2, 0.25) is 0 Å². The van der Waals surface area contributed by atoms with Crippen LogP contribution in [-0.4, -0.2) is 17.4 Å². The van der Waals surface area contributed by atoms with Crippen LogP contribution in [0.5, 0.6) is 0 Å². The molecule has 2 aromatic rings. The van der Waals surface area contributed by atoms with Gasteiger partial charge in [-0.3, -0.25) is 4.79 Å². The molecule has 3 heteroatoms. The van der Waals surface area contributed by atoms with E-state index < -0.39 is 0 Å². The van der Waals surface area contributed by atoms with Gasteiger partial charge in [-0.05, 0) is 18.1 Å². The highest BCUT2D eigenvalue weighted by Gasteiger charge is 2.30. The first kappa shape index (κ1) is 13.6. The van der Waals surface area contributed by atoms with E-state index in [9.17, 15) is 4.79 Å². The number of benzene rings is 2. The van der Waals surface area contributed by atoms with Crippen LogP contribution in [-0.2, 0) is 0 Å². The average molecular weight is 278 g/mol. The Kier molecular flexibility index (Phi) is 3.59. The lowest BCUT2D eigenvalue weighted by Crippen LogP contribution is -2.27. The van der Waals surface area contributed by atoms with Gasteiger partial charge >= 0.3 is 0 Å². The maximum Gasteiger partial charge on any atom is 0.258 e. The molecule has 0 saturated carbocycles. The fraction of sp³-hybridized carbons (Fsp3) is 0.167. The van der Waals surface area contributed by atoms with Crippen LogP contribution in [0.4, 0.5) is 0 Å². The van der Waals surface area contributed by atoms with Crippen molar-refractivity contribution in [3.05, 3.63) is 77.9 Å². The van der Waals surface area contributed by atoms with E-state index in [0.717, 1.165) is 22.4 Å². The Morgan fingerprint density at radius 2 is 1.62 bits per heavy atom. The second-order valence-corrected chi connectivity index (χ2v) is 5.25. The van der Waals surface area contributed by atoms with Crippen LogP contribution in [0, 0.1) is 0 Å². The van der Waals surface area contributed by atoms with E-state index in [1.54, 1.807) is 4.90 Å². The third-order valence-corrected chi connectivity index (χ3v) is 3.93. The number of fused-ring (bicyclic) bond motifs is 1. The van der Waals surface area contributed by atoms with Gasteiger partial charge in [-0.15, -0.1) is 0 Å². The summed E-state index contributed by atoms with van der Waals surface area (Å²) in [5, 5.41) is 0. The molecule has 106 valence electrons. The monoisotopic (exact) mass is 278 g/mol. The van der Waals surface area contributed by atoms with Crippen molar-refractivity contribution in [3.8, 4) is 0 Å². The van der Waals surface area contributed by atoms with E-state index in [1.807, 2.05) is 54.6 Å². The zero-order valence-corrected chi connectivity index (χ0v) is 11.8. The molecule has 1 atom stereocenters. The minimum absolute atomic E-state index is 0.0239. The van der Waals surface area contributed by atoms with E-state index in [2.05, 4.69) is 6.58 Å². The van der Waals surface area contributed by atoms with Crippen molar-refractivity contribution in [1.82, 2.24) is 4.90 Å². The summed E-state index contributed by atoms with van der Waals surface area (Å²) >= 11 is 0. The van der Waals surface area contributed by atoms with Crippen LogP contribution in [0.1, 0.15) is 33.9 Å². The third kappa shape index (κ3) is 2.48. The van der Waals surface area contributed by atoms with Gasteiger partial charge in [-0.25, -0.2) is 0 Å². The van der Waals surface area contributed by atoms with Crippen LogP contribution < -0.4 is 5.73 Å². The van der Waals surface area contributed by atoms with Gasteiger partial charge in [0, 0.05) is 29.4 Å². The number of rotatable bonds is 4. The number of nitrogens with two attached hydrogens (primary N) is 1. The second-order valence-electron chi connectivity index (χ2n) is 5.25. The minimum Gasteiger partial charge on any atom is -0.324 e. The van der Waals surface area contributed by atoms with E-state index in [4.69, 9.17) is 5.73 Å². The molecule has 1 unspecified atom stereocenters. The van der Waals surface area contributed by atoms with Crippen molar-refractivity contribution in [2.45, 2.75) is 12.5 Å². The van der Waals surface area contributed by atoms with Gasteiger partial charge in [0.15, 0.2) is 0 Å². The average Bonchev–Trinajstić information content (AvgIpc) is 2.78. The molecule has 1 heterocycles. The first-order valence-corrected chi connectivity index (χ1v) is 7.09. The summed E-state index contributed by atoms with van der Waals surface area (Å²) < 4.78 is 0. The molecule has 2 aromatic carbocycles. The summed E-state index contributed by atoms with van der Waals surface area (Å²) in [5.74, 6) is 0.0239. The summed E-state index contributed by atoms with van der Waals surface area (Å²) in [7, 11) is 0. The van der Waals surface area contributed by atoms with Crippen molar-refractivity contribution >= 4 is 11.6 Å². The number of carbonyl (C=O) groups excluding carboxylic acids is 1. The Labute approximate surface area is 124 Å². The van der Waals surface area contributed by atoms with Crippen LogP contribution in [0.25, 0.3) is 5.70 Å². The molecule has 0 saturated heterocycles. The van der Waals surface area contributed by atoms with Crippen molar-refractivity contribution < 1.29 is 4.79 Å². The minimum atomic E-state index is -0.0736. The Balaban J connectivity index is 1.70. The van der Waals surface area contributed by atoms with Crippen LogP contribution in [0.3, 0.4) is 0 Å². The topological polar surface area (TPSA) is 46.3 Å². The van der Waals surface area contributed by atoms with Gasteiger partial charge in [0.2, 0.25) is 0 Å². The third-order valence-electron chi connectivity index (χ3n) is 3.93. The molecule has 3 rings (SSSR count). The van der Waals surface area contributed by atoms with Gasteiger partial charge in [-0.2, -0.15) is 0 Å². The van der Waals surface area contributed by atoms with Crippen molar-refractivity contribution in [2.75, 3.05) is 6.54 Å². The lowest BCUT2D eigenvalue weighted by Gasteiger charge is -2.20. The maximum atomic E-state index is 12.4. The quantitative estimate of drug-likeness (QED) is 0.933.